The van der Waals surface area contributed by atoms with Crippen molar-refractivity contribution in [3.63, 3.8) is 0 Å². The molecule has 0 radical (unpaired) electrons. The van der Waals surface area contributed by atoms with E-state index in [2.05, 4.69) is 17.6 Å². The molecule has 0 aliphatic heterocycles. The molecule has 2 rings (SSSR count). The van der Waals surface area contributed by atoms with Crippen molar-refractivity contribution in [3.05, 3.63) is 35.6 Å². The third-order valence-electron chi connectivity index (χ3n) is 4.64. The molecule has 0 heterocycles. The zero-order chi connectivity index (χ0) is 16.0. The maximum Gasteiger partial charge on any atom is 0.230 e. The molecule has 1 fully saturated rings. The minimum absolute atomic E-state index is 0.0440. The van der Waals surface area contributed by atoms with E-state index >= 15 is 0 Å². The first-order valence-corrected chi connectivity index (χ1v) is 8.36. The molecule has 1 saturated carbocycles. The molecule has 22 heavy (non-hydrogen) atoms. The van der Waals surface area contributed by atoms with Crippen molar-refractivity contribution in [3.8, 4) is 0 Å². The van der Waals surface area contributed by atoms with E-state index in [1.54, 1.807) is 6.07 Å². The van der Waals surface area contributed by atoms with Crippen LogP contribution in [0.2, 0.25) is 0 Å². The topological polar surface area (TPSA) is 41.1 Å². The predicted molar refractivity (Wildman–Crippen MR) is 87.3 cm³/mol. The summed E-state index contributed by atoms with van der Waals surface area (Å²) in [5.41, 5.74) is 0.257. The van der Waals surface area contributed by atoms with E-state index in [9.17, 15) is 9.18 Å². The summed E-state index contributed by atoms with van der Waals surface area (Å²) in [5.74, 6) is -0.223. The molecular formula is C18H27FN2O. The van der Waals surface area contributed by atoms with Gasteiger partial charge in [-0.1, -0.05) is 38.3 Å². The third kappa shape index (κ3) is 3.86. The first-order valence-electron chi connectivity index (χ1n) is 8.36. The van der Waals surface area contributed by atoms with E-state index in [0.29, 0.717) is 6.54 Å². The van der Waals surface area contributed by atoms with Gasteiger partial charge in [-0.3, -0.25) is 4.79 Å². The molecule has 2 N–H and O–H groups in total. The van der Waals surface area contributed by atoms with Crippen molar-refractivity contribution < 1.29 is 9.18 Å². The Hall–Kier alpha value is -1.42. The molecule has 4 heteroatoms. The second-order valence-electron chi connectivity index (χ2n) is 6.32. The van der Waals surface area contributed by atoms with E-state index in [4.69, 9.17) is 0 Å². The van der Waals surface area contributed by atoms with Crippen molar-refractivity contribution in [1.29, 1.82) is 0 Å². The Morgan fingerprint density at radius 2 is 2.05 bits per heavy atom. The fourth-order valence-corrected chi connectivity index (χ4v) is 3.42. The highest BCUT2D eigenvalue weighted by atomic mass is 19.1. The van der Waals surface area contributed by atoms with Gasteiger partial charge in [0.05, 0.1) is 5.41 Å². The Morgan fingerprint density at radius 1 is 1.32 bits per heavy atom. The van der Waals surface area contributed by atoms with Crippen LogP contribution in [0.5, 0.6) is 0 Å². The summed E-state index contributed by atoms with van der Waals surface area (Å²) in [5, 5.41) is 6.36. The molecule has 0 bridgehead atoms. The molecule has 1 aliphatic carbocycles. The molecule has 1 aromatic carbocycles. The molecule has 1 amide bonds. The second kappa shape index (κ2) is 7.73. The van der Waals surface area contributed by atoms with Gasteiger partial charge in [0, 0.05) is 12.6 Å². The second-order valence-corrected chi connectivity index (χ2v) is 6.32. The zero-order valence-electron chi connectivity index (χ0n) is 13.6. The summed E-state index contributed by atoms with van der Waals surface area (Å²) < 4.78 is 13.6. The van der Waals surface area contributed by atoms with Crippen molar-refractivity contribution in [2.24, 2.45) is 0 Å². The molecule has 122 valence electrons. The van der Waals surface area contributed by atoms with Crippen molar-refractivity contribution in [1.82, 2.24) is 10.6 Å². The molecule has 1 aromatic rings. The summed E-state index contributed by atoms with van der Waals surface area (Å²) in [6.07, 6.45) is 4.80. The van der Waals surface area contributed by atoms with Gasteiger partial charge in [-0.2, -0.15) is 0 Å². The van der Waals surface area contributed by atoms with Crippen LogP contribution in [0.25, 0.3) is 0 Å². The minimum atomic E-state index is -0.563. The third-order valence-corrected chi connectivity index (χ3v) is 4.64. The Morgan fingerprint density at radius 3 is 2.68 bits per heavy atom. The Kier molecular flexibility index (Phi) is 5.95. The Bertz CT molecular complexity index is 498. The quantitative estimate of drug-likeness (QED) is 0.848. The van der Waals surface area contributed by atoms with Crippen LogP contribution in [-0.2, 0) is 10.2 Å². The van der Waals surface area contributed by atoms with E-state index < -0.39 is 5.41 Å². The number of halogens is 1. The molecule has 0 unspecified atom stereocenters. The lowest BCUT2D eigenvalue weighted by molar-refractivity contribution is -0.128. The largest absolute Gasteiger partial charge is 0.354 e. The first kappa shape index (κ1) is 16.9. The van der Waals surface area contributed by atoms with Crippen LogP contribution in [0, 0.1) is 5.82 Å². The maximum atomic E-state index is 13.6. The van der Waals surface area contributed by atoms with Crippen LogP contribution in [0.1, 0.15) is 51.5 Å². The van der Waals surface area contributed by atoms with Gasteiger partial charge >= 0.3 is 0 Å². The van der Waals surface area contributed by atoms with Crippen LogP contribution >= 0.6 is 0 Å². The van der Waals surface area contributed by atoms with Gasteiger partial charge in [0.1, 0.15) is 5.82 Å². The average molecular weight is 306 g/mol. The number of carbonyl (C=O) groups excluding carboxylic acids is 1. The van der Waals surface area contributed by atoms with Crippen molar-refractivity contribution >= 4 is 5.91 Å². The van der Waals surface area contributed by atoms with E-state index in [1.807, 2.05) is 13.0 Å². The van der Waals surface area contributed by atoms with Gasteiger partial charge in [0.15, 0.2) is 0 Å². The van der Waals surface area contributed by atoms with Crippen LogP contribution in [0.3, 0.4) is 0 Å². The number of carbonyl (C=O) groups is 1. The molecule has 1 atom stereocenters. The SMILES string of the molecule is CCN[C@H](C)CNC(=O)C1(c2cccc(F)c2)CCCCC1. The summed E-state index contributed by atoms with van der Waals surface area (Å²) in [6, 6.07) is 6.79. The maximum absolute atomic E-state index is 13.6. The number of benzene rings is 1. The van der Waals surface area contributed by atoms with Crippen LogP contribution in [0.15, 0.2) is 24.3 Å². The van der Waals surface area contributed by atoms with Crippen LogP contribution in [-0.4, -0.2) is 25.0 Å². The standard InChI is InChI=1S/C18H27FN2O/c1-3-20-14(2)13-21-17(22)18(10-5-4-6-11-18)15-8-7-9-16(19)12-15/h7-9,12,14,20H,3-6,10-11,13H2,1-2H3,(H,21,22)/t14-/m1/s1. The molecule has 0 saturated heterocycles. The smallest absolute Gasteiger partial charge is 0.230 e. The molecular weight excluding hydrogens is 279 g/mol. The number of hydrogen-bond donors (Lipinski definition) is 2. The van der Waals surface area contributed by atoms with Crippen LogP contribution in [0.4, 0.5) is 4.39 Å². The van der Waals surface area contributed by atoms with Gasteiger partial charge in [0.25, 0.3) is 0 Å². The average Bonchev–Trinajstić information content (AvgIpc) is 2.53. The molecule has 0 spiro atoms. The van der Waals surface area contributed by atoms with Crippen molar-refractivity contribution in [2.75, 3.05) is 13.1 Å². The number of nitrogens with one attached hydrogen (secondary N) is 2. The predicted octanol–water partition coefficient (Wildman–Crippen LogP) is 3.14. The van der Waals surface area contributed by atoms with Crippen LogP contribution < -0.4 is 10.6 Å². The summed E-state index contributed by atoms with van der Waals surface area (Å²) >= 11 is 0. The molecule has 1 aliphatic rings. The Labute approximate surface area is 132 Å². The summed E-state index contributed by atoms with van der Waals surface area (Å²) in [7, 11) is 0. The molecule has 3 nitrogen and oxygen atoms in total. The highest BCUT2D eigenvalue weighted by molar-refractivity contribution is 5.88. The molecule has 0 aromatic heterocycles. The van der Waals surface area contributed by atoms with Gasteiger partial charge in [-0.25, -0.2) is 4.39 Å². The number of likely N-dealkylation sites (N-methyl/N-ethyl adjacent to an activating group) is 1. The van der Waals surface area contributed by atoms with E-state index in [-0.39, 0.29) is 17.8 Å². The minimum Gasteiger partial charge on any atom is -0.354 e. The highest BCUT2D eigenvalue weighted by Gasteiger charge is 2.41. The highest BCUT2D eigenvalue weighted by Crippen LogP contribution is 2.39. The van der Waals surface area contributed by atoms with E-state index in [1.165, 1.54) is 12.1 Å². The fraction of sp³-hybridized carbons (Fsp3) is 0.611. The lowest BCUT2D eigenvalue weighted by atomic mass is 9.68. The zero-order valence-corrected chi connectivity index (χ0v) is 13.6. The van der Waals surface area contributed by atoms with Gasteiger partial charge < -0.3 is 10.6 Å². The van der Waals surface area contributed by atoms with Gasteiger partial charge in [0.2, 0.25) is 5.91 Å². The first-order chi connectivity index (χ1) is 10.6. The number of hydrogen-bond acceptors (Lipinski definition) is 2. The van der Waals surface area contributed by atoms with E-state index in [0.717, 1.165) is 44.2 Å². The summed E-state index contributed by atoms with van der Waals surface area (Å²) in [4.78, 5) is 12.9. The van der Waals surface area contributed by atoms with Gasteiger partial charge in [-0.15, -0.1) is 0 Å². The lowest BCUT2D eigenvalue weighted by Crippen LogP contribution is -2.49. The number of rotatable bonds is 6. The number of amides is 1. The van der Waals surface area contributed by atoms with Gasteiger partial charge in [-0.05, 0) is 44.0 Å². The lowest BCUT2D eigenvalue weighted by Gasteiger charge is -2.36. The monoisotopic (exact) mass is 306 g/mol. The Balaban J connectivity index is 2.16. The van der Waals surface area contributed by atoms with Crippen molar-refractivity contribution in [2.45, 2.75) is 57.4 Å². The summed E-state index contributed by atoms with van der Waals surface area (Å²) in [6.45, 7) is 5.59. The fourth-order valence-electron chi connectivity index (χ4n) is 3.42. The normalized spacial score (nSPS) is 18.7.